The SMILES string of the molecule is C=C1CCCC/C1=C(/C)CCCN1CCC(Nc2ccc(F)cc2)=C(c2cc(C)ccc2C)C1. The first kappa shape index (κ1) is 24.5. The molecule has 0 unspecified atom stereocenters. The fraction of sp³-hybridized carbons (Fsp3) is 0.419. The van der Waals surface area contributed by atoms with E-state index in [2.05, 4.69) is 55.8 Å². The molecule has 0 spiro atoms. The van der Waals surface area contributed by atoms with Crippen LogP contribution in [0, 0.1) is 19.7 Å². The highest BCUT2D eigenvalue weighted by Crippen LogP contribution is 2.33. The summed E-state index contributed by atoms with van der Waals surface area (Å²) in [6.07, 6.45) is 8.31. The highest BCUT2D eigenvalue weighted by Gasteiger charge is 2.22. The van der Waals surface area contributed by atoms with E-state index in [9.17, 15) is 4.39 Å². The first-order chi connectivity index (χ1) is 16.4. The van der Waals surface area contributed by atoms with Crippen LogP contribution in [0.25, 0.3) is 5.57 Å². The third-order valence-corrected chi connectivity index (χ3v) is 7.41. The summed E-state index contributed by atoms with van der Waals surface area (Å²) in [6.45, 7) is 14.1. The number of hydrogen-bond acceptors (Lipinski definition) is 2. The average molecular weight is 459 g/mol. The molecule has 2 aromatic rings. The average Bonchev–Trinajstić information content (AvgIpc) is 2.83. The van der Waals surface area contributed by atoms with Gasteiger partial charge in [0.05, 0.1) is 0 Å². The largest absolute Gasteiger partial charge is 0.359 e. The quantitative estimate of drug-likeness (QED) is 0.450. The number of anilines is 1. The maximum Gasteiger partial charge on any atom is 0.123 e. The molecule has 0 aromatic heterocycles. The van der Waals surface area contributed by atoms with Gasteiger partial charge in [-0.05, 0) is 112 Å². The molecule has 3 heteroatoms. The van der Waals surface area contributed by atoms with Crippen LogP contribution in [0.1, 0.15) is 68.6 Å². The van der Waals surface area contributed by atoms with Gasteiger partial charge < -0.3 is 5.32 Å². The molecule has 180 valence electrons. The van der Waals surface area contributed by atoms with Crippen molar-refractivity contribution in [3.05, 3.63) is 94.0 Å². The Morgan fingerprint density at radius 1 is 1.03 bits per heavy atom. The molecule has 0 radical (unpaired) electrons. The summed E-state index contributed by atoms with van der Waals surface area (Å²) in [7, 11) is 0. The van der Waals surface area contributed by atoms with Crippen molar-refractivity contribution in [2.45, 2.75) is 65.7 Å². The Kier molecular flexibility index (Phi) is 8.05. The third kappa shape index (κ3) is 6.07. The predicted molar refractivity (Wildman–Crippen MR) is 143 cm³/mol. The number of nitrogens with zero attached hydrogens (tertiary/aromatic N) is 1. The van der Waals surface area contributed by atoms with Gasteiger partial charge in [-0.15, -0.1) is 0 Å². The molecule has 0 atom stereocenters. The number of benzene rings is 2. The zero-order valence-electron chi connectivity index (χ0n) is 21.1. The second-order valence-electron chi connectivity index (χ2n) is 10.1. The van der Waals surface area contributed by atoms with Crippen LogP contribution >= 0.6 is 0 Å². The Bertz CT molecular complexity index is 1090. The van der Waals surface area contributed by atoms with E-state index < -0.39 is 0 Å². The number of hydrogen-bond donors (Lipinski definition) is 1. The number of aryl methyl sites for hydroxylation is 2. The van der Waals surface area contributed by atoms with Crippen molar-refractivity contribution in [2.75, 3.05) is 25.0 Å². The minimum atomic E-state index is -0.203. The highest BCUT2D eigenvalue weighted by molar-refractivity contribution is 5.76. The molecule has 1 N–H and O–H groups in total. The molecule has 2 aromatic carbocycles. The smallest absolute Gasteiger partial charge is 0.123 e. The Morgan fingerprint density at radius 2 is 1.79 bits per heavy atom. The van der Waals surface area contributed by atoms with Gasteiger partial charge in [0.2, 0.25) is 0 Å². The Labute approximate surface area is 205 Å². The van der Waals surface area contributed by atoms with Crippen molar-refractivity contribution >= 4 is 11.3 Å². The number of rotatable bonds is 7. The van der Waals surface area contributed by atoms with Crippen LogP contribution < -0.4 is 5.32 Å². The van der Waals surface area contributed by atoms with E-state index in [1.54, 1.807) is 11.1 Å². The normalized spacial score (nSPS) is 18.9. The van der Waals surface area contributed by atoms with Crippen molar-refractivity contribution in [3.63, 3.8) is 0 Å². The van der Waals surface area contributed by atoms with E-state index in [-0.39, 0.29) is 5.82 Å². The number of allylic oxidation sites excluding steroid dienone is 3. The van der Waals surface area contributed by atoms with E-state index >= 15 is 0 Å². The van der Waals surface area contributed by atoms with Gasteiger partial charge in [0, 0.05) is 30.9 Å². The molecule has 2 aliphatic rings. The van der Waals surface area contributed by atoms with Gasteiger partial charge in [0.15, 0.2) is 0 Å². The molecule has 4 rings (SSSR count). The summed E-state index contributed by atoms with van der Waals surface area (Å²) in [5, 5.41) is 3.62. The molecule has 0 amide bonds. The van der Waals surface area contributed by atoms with Crippen molar-refractivity contribution in [1.29, 1.82) is 0 Å². The lowest BCUT2D eigenvalue weighted by Crippen LogP contribution is -2.33. The second kappa shape index (κ2) is 11.2. The fourth-order valence-electron chi connectivity index (χ4n) is 5.37. The molecular weight excluding hydrogens is 419 g/mol. The van der Waals surface area contributed by atoms with Crippen LogP contribution in [-0.2, 0) is 0 Å². The summed E-state index contributed by atoms with van der Waals surface area (Å²) in [5.41, 5.74) is 11.9. The maximum atomic E-state index is 13.4. The van der Waals surface area contributed by atoms with Gasteiger partial charge in [-0.1, -0.05) is 41.5 Å². The first-order valence-corrected chi connectivity index (χ1v) is 12.8. The lowest BCUT2D eigenvalue weighted by Gasteiger charge is -2.32. The molecule has 2 nitrogen and oxygen atoms in total. The highest BCUT2D eigenvalue weighted by atomic mass is 19.1. The van der Waals surface area contributed by atoms with Crippen LogP contribution in [0.5, 0.6) is 0 Å². The van der Waals surface area contributed by atoms with E-state index in [1.165, 1.54) is 77.8 Å². The van der Waals surface area contributed by atoms with E-state index in [4.69, 9.17) is 0 Å². The lowest BCUT2D eigenvalue weighted by molar-refractivity contribution is 0.296. The third-order valence-electron chi connectivity index (χ3n) is 7.41. The molecule has 0 bridgehead atoms. The van der Waals surface area contributed by atoms with Crippen LogP contribution in [0.4, 0.5) is 10.1 Å². The van der Waals surface area contributed by atoms with Crippen LogP contribution in [0.3, 0.4) is 0 Å². The topological polar surface area (TPSA) is 15.3 Å². The van der Waals surface area contributed by atoms with E-state index in [0.29, 0.717) is 0 Å². The van der Waals surface area contributed by atoms with Gasteiger partial charge in [0.25, 0.3) is 0 Å². The number of halogens is 1. The van der Waals surface area contributed by atoms with Crippen molar-refractivity contribution < 1.29 is 4.39 Å². The van der Waals surface area contributed by atoms with Gasteiger partial charge in [-0.2, -0.15) is 0 Å². The van der Waals surface area contributed by atoms with Gasteiger partial charge in [-0.3, -0.25) is 4.90 Å². The van der Waals surface area contributed by atoms with Crippen molar-refractivity contribution in [1.82, 2.24) is 4.90 Å². The minimum Gasteiger partial charge on any atom is -0.359 e. The van der Waals surface area contributed by atoms with Gasteiger partial charge in [0.1, 0.15) is 5.82 Å². The fourth-order valence-corrected chi connectivity index (χ4v) is 5.37. The maximum absolute atomic E-state index is 13.4. The lowest BCUT2D eigenvalue weighted by atomic mass is 9.86. The van der Waals surface area contributed by atoms with Crippen molar-refractivity contribution in [2.24, 2.45) is 0 Å². The number of nitrogens with one attached hydrogen (secondary N) is 1. The van der Waals surface area contributed by atoms with Crippen LogP contribution in [0.15, 0.2) is 71.5 Å². The van der Waals surface area contributed by atoms with E-state index in [0.717, 1.165) is 38.2 Å². The summed E-state index contributed by atoms with van der Waals surface area (Å²) < 4.78 is 13.4. The van der Waals surface area contributed by atoms with Crippen LogP contribution in [0.2, 0.25) is 0 Å². The molecule has 1 saturated carbocycles. The Hall–Kier alpha value is -2.65. The molecular formula is C31H39FN2. The second-order valence-corrected chi connectivity index (χ2v) is 10.1. The Morgan fingerprint density at radius 3 is 2.56 bits per heavy atom. The molecule has 0 saturated heterocycles. The monoisotopic (exact) mass is 458 g/mol. The predicted octanol–water partition coefficient (Wildman–Crippen LogP) is 8.20. The van der Waals surface area contributed by atoms with Gasteiger partial charge >= 0.3 is 0 Å². The molecule has 1 heterocycles. The van der Waals surface area contributed by atoms with E-state index in [1.807, 2.05) is 12.1 Å². The zero-order valence-corrected chi connectivity index (χ0v) is 21.1. The summed E-state index contributed by atoms with van der Waals surface area (Å²) in [4.78, 5) is 2.60. The summed E-state index contributed by atoms with van der Waals surface area (Å²) in [5.74, 6) is -0.203. The van der Waals surface area contributed by atoms with Crippen molar-refractivity contribution in [3.8, 4) is 0 Å². The summed E-state index contributed by atoms with van der Waals surface area (Å²) >= 11 is 0. The van der Waals surface area contributed by atoms with Gasteiger partial charge in [-0.25, -0.2) is 4.39 Å². The van der Waals surface area contributed by atoms with Crippen LogP contribution in [-0.4, -0.2) is 24.5 Å². The molecule has 1 fully saturated rings. The minimum absolute atomic E-state index is 0.203. The standard InChI is InChI=1S/C31H39FN2/c1-22-11-12-25(4)29(20-22)30-21-34(18-7-9-24(3)28-10-6-5-8-23(28)2)19-17-31(30)33-27-15-13-26(32)14-16-27/h11-16,20,33H,2,5-10,17-19,21H2,1,3-4H3/b28-24+. The zero-order chi connectivity index (χ0) is 24.1. The molecule has 1 aliphatic carbocycles. The molecule has 1 aliphatic heterocycles. The molecule has 34 heavy (non-hydrogen) atoms. The summed E-state index contributed by atoms with van der Waals surface area (Å²) in [6, 6.07) is 13.4. The Balaban J connectivity index is 1.49. The first-order valence-electron chi connectivity index (χ1n) is 12.8.